The van der Waals surface area contributed by atoms with E-state index in [1.54, 1.807) is 6.08 Å². The normalized spacial score (nSPS) is 9.95. The van der Waals surface area contributed by atoms with E-state index in [9.17, 15) is 0 Å². The minimum Gasteiger partial charge on any atom is -0.393 e. The number of anilines is 4. The van der Waals surface area contributed by atoms with Crippen molar-refractivity contribution in [3.05, 3.63) is 48.8 Å². The molecule has 0 aliphatic rings. The minimum absolute atomic E-state index is 0.492. The van der Waals surface area contributed by atoms with E-state index in [0.29, 0.717) is 23.9 Å². The van der Waals surface area contributed by atoms with Crippen LogP contribution in [0.25, 0.3) is 0 Å². The van der Waals surface area contributed by atoms with Gasteiger partial charge in [0.05, 0.1) is 0 Å². The second-order valence-corrected chi connectivity index (χ2v) is 4.15. The zero-order valence-corrected chi connectivity index (χ0v) is 10.9. The van der Waals surface area contributed by atoms with Crippen molar-refractivity contribution >= 4 is 23.0 Å². The summed E-state index contributed by atoms with van der Waals surface area (Å²) in [5, 5.41) is 6.25. The van der Waals surface area contributed by atoms with Crippen LogP contribution in [0.5, 0.6) is 0 Å². The van der Waals surface area contributed by atoms with Gasteiger partial charge in [-0.1, -0.05) is 18.2 Å². The van der Waals surface area contributed by atoms with E-state index in [1.807, 2.05) is 31.2 Å². The molecular formula is C14H17N5. The fourth-order valence-corrected chi connectivity index (χ4v) is 1.66. The first-order valence-corrected chi connectivity index (χ1v) is 5.99. The monoisotopic (exact) mass is 255 g/mol. The summed E-state index contributed by atoms with van der Waals surface area (Å²) in [5.74, 6) is 1.19. The molecule has 5 heteroatoms. The van der Waals surface area contributed by atoms with Gasteiger partial charge in [0.25, 0.3) is 0 Å². The van der Waals surface area contributed by atoms with Crippen LogP contribution in [0, 0.1) is 6.92 Å². The van der Waals surface area contributed by atoms with Gasteiger partial charge in [0.1, 0.15) is 12.0 Å². The van der Waals surface area contributed by atoms with Crippen molar-refractivity contribution in [3.63, 3.8) is 0 Å². The topological polar surface area (TPSA) is 75.9 Å². The summed E-state index contributed by atoms with van der Waals surface area (Å²) in [4.78, 5) is 8.26. The molecule has 0 amide bonds. The number of benzene rings is 1. The van der Waals surface area contributed by atoms with Crippen molar-refractivity contribution in [1.29, 1.82) is 0 Å². The average molecular weight is 255 g/mol. The highest BCUT2D eigenvalue weighted by Gasteiger charge is 2.07. The van der Waals surface area contributed by atoms with Crippen LogP contribution in [-0.2, 0) is 0 Å². The van der Waals surface area contributed by atoms with Crippen LogP contribution in [0.15, 0.2) is 43.2 Å². The largest absolute Gasteiger partial charge is 0.393 e. The summed E-state index contributed by atoms with van der Waals surface area (Å²) in [5.41, 5.74) is 8.63. The van der Waals surface area contributed by atoms with Gasteiger partial charge < -0.3 is 16.4 Å². The van der Waals surface area contributed by atoms with Crippen molar-refractivity contribution in [2.45, 2.75) is 6.92 Å². The summed E-state index contributed by atoms with van der Waals surface area (Å²) < 4.78 is 0. The molecule has 0 radical (unpaired) electrons. The fraction of sp³-hybridized carbons (Fsp3) is 0.143. The summed E-state index contributed by atoms with van der Waals surface area (Å²) in [7, 11) is 0. The predicted molar refractivity (Wildman–Crippen MR) is 79.6 cm³/mol. The summed E-state index contributed by atoms with van der Waals surface area (Å²) >= 11 is 0. The maximum absolute atomic E-state index is 6.03. The van der Waals surface area contributed by atoms with Crippen LogP contribution in [0.3, 0.4) is 0 Å². The highest BCUT2D eigenvalue weighted by Crippen LogP contribution is 2.25. The molecule has 1 aromatic heterocycles. The average Bonchev–Trinajstić information content (AvgIpc) is 2.40. The lowest BCUT2D eigenvalue weighted by Gasteiger charge is -2.12. The van der Waals surface area contributed by atoms with Crippen molar-refractivity contribution in [3.8, 4) is 0 Å². The predicted octanol–water partition coefficient (Wildman–Crippen LogP) is 2.71. The first-order chi connectivity index (χ1) is 9.20. The zero-order valence-electron chi connectivity index (χ0n) is 10.9. The van der Waals surface area contributed by atoms with Gasteiger partial charge in [-0.25, -0.2) is 9.97 Å². The Bertz CT molecular complexity index is 580. The Kier molecular flexibility index (Phi) is 3.97. The van der Waals surface area contributed by atoms with Crippen LogP contribution < -0.4 is 16.4 Å². The Morgan fingerprint density at radius 2 is 2.11 bits per heavy atom. The third-order valence-electron chi connectivity index (χ3n) is 2.58. The Morgan fingerprint density at radius 1 is 1.32 bits per heavy atom. The summed E-state index contributed by atoms with van der Waals surface area (Å²) in [6, 6.07) is 8.00. The molecule has 0 saturated carbocycles. The number of aryl methyl sites for hydroxylation is 1. The second-order valence-electron chi connectivity index (χ2n) is 4.15. The molecule has 0 fully saturated rings. The Morgan fingerprint density at radius 3 is 2.84 bits per heavy atom. The van der Waals surface area contributed by atoms with Gasteiger partial charge >= 0.3 is 0 Å². The third-order valence-corrected chi connectivity index (χ3v) is 2.58. The number of nitrogen functional groups attached to an aromatic ring is 1. The number of hydrogen-bond donors (Lipinski definition) is 3. The van der Waals surface area contributed by atoms with E-state index < -0.39 is 0 Å². The van der Waals surface area contributed by atoms with Crippen molar-refractivity contribution in [2.24, 2.45) is 0 Å². The van der Waals surface area contributed by atoms with Gasteiger partial charge in [-0.05, 0) is 24.6 Å². The maximum Gasteiger partial charge on any atom is 0.159 e. The molecule has 98 valence electrons. The lowest BCUT2D eigenvalue weighted by atomic mass is 10.2. The molecular weight excluding hydrogens is 238 g/mol. The third kappa shape index (κ3) is 3.22. The SMILES string of the molecule is C=CCNc1ncnc(Nc2cccc(C)c2)c1N. The van der Waals surface area contributed by atoms with Gasteiger partial charge in [-0.2, -0.15) is 0 Å². The van der Waals surface area contributed by atoms with Crippen LogP contribution in [0.4, 0.5) is 23.0 Å². The number of rotatable bonds is 5. The molecule has 19 heavy (non-hydrogen) atoms. The molecule has 0 spiro atoms. The summed E-state index contributed by atoms with van der Waals surface area (Å²) in [6.45, 7) is 6.28. The highest BCUT2D eigenvalue weighted by atomic mass is 15.1. The Balaban J connectivity index is 2.23. The molecule has 0 aliphatic heterocycles. The van der Waals surface area contributed by atoms with E-state index in [-0.39, 0.29) is 0 Å². The number of nitrogens with zero attached hydrogens (tertiary/aromatic N) is 2. The van der Waals surface area contributed by atoms with Crippen molar-refractivity contribution in [2.75, 3.05) is 22.9 Å². The molecule has 1 aromatic carbocycles. The van der Waals surface area contributed by atoms with E-state index in [4.69, 9.17) is 5.73 Å². The minimum atomic E-state index is 0.492. The van der Waals surface area contributed by atoms with E-state index in [0.717, 1.165) is 5.69 Å². The molecule has 5 nitrogen and oxygen atoms in total. The molecule has 2 aromatic rings. The Labute approximate surface area is 112 Å². The smallest absolute Gasteiger partial charge is 0.159 e. The lowest BCUT2D eigenvalue weighted by molar-refractivity contribution is 1.14. The van der Waals surface area contributed by atoms with Gasteiger partial charge in [0, 0.05) is 12.2 Å². The van der Waals surface area contributed by atoms with E-state index in [1.165, 1.54) is 11.9 Å². The maximum atomic E-state index is 6.03. The molecule has 0 saturated heterocycles. The molecule has 0 bridgehead atoms. The van der Waals surface area contributed by atoms with Crippen molar-refractivity contribution in [1.82, 2.24) is 9.97 Å². The van der Waals surface area contributed by atoms with Crippen LogP contribution >= 0.6 is 0 Å². The number of aromatic nitrogens is 2. The Hall–Kier alpha value is -2.56. The number of nitrogens with two attached hydrogens (primary N) is 1. The number of nitrogens with one attached hydrogen (secondary N) is 2. The van der Waals surface area contributed by atoms with Crippen LogP contribution in [0.2, 0.25) is 0 Å². The number of hydrogen-bond acceptors (Lipinski definition) is 5. The first kappa shape index (κ1) is 12.9. The quantitative estimate of drug-likeness (QED) is 0.716. The summed E-state index contributed by atoms with van der Waals surface area (Å²) in [6.07, 6.45) is 3.22. The van der Waals surface area contributed by atoms with Crippen molar-refractivity contribution < 1.29 is 0 Å². The second kappa shape index (κ2) is 5.86. The fourth-order valence-electron chi connectivity index (χ4n) is 1.66. The lowest BCUT2D eigenvalue weighted by Crippen LogP contribution is -2.07. The molecule has 2 rings (SSSR count). The van der Waals surface area contributed by atoms with Gasteiger partial charge in [-0.15, -0.1) is 6.58 Å². The van der Waals surface area contributed by atoms with Gasteiger partial charge in [0.15, 0.2) is 11.6 Å². The molecule has 4 N–H and O–H groups in total. The molecule has 0 atom stereocenters. The van der Waals surface area contributed by atoms with E-state index >= 15 is 0 Å². The molecule has 0 unspecified atom stereocenters. The van der Waals surface area contributed by atoms with E-state index in [2.05, 4.69) is 27.2 Å². The van der Waals surface area contributed by atoms with Gasteiger partial charge in [-0.3, -0.25) is 0 Å². The zero-order chi connectivity index (χ0) is 13.7. The van der Waals surface area contributed by atoms with Crippen LogP contribution in [0.1, 0.15) is 5.56 Å². The highest BCUT2D eigenvalue weighted by molar-refractivity contribution is 5.77. The molecule has 1 heterocycles. The standard InChI is InChI=1S/C14H17N5/c1-3-7-16-13-12(15)14(18-9-17-13)19-11-6-4-5-10(2)8-11/h3-6,8-9H,1,7,15H2,2H3,(H2,16,17,18,19). The molecule has 0 aliphatic carbocycles. The van der Waals surface area contributed by atoms with Gasteiger partial charge in [0.2, 0.25) is 0 Å². The first-order valence-electron chi connectivity index (χ1n) is 5.99. The van der Waals surface area contributed by atoms with Crippen LogP contribution in [-0.4, -0.2) is 16.5 Å².